The topological polar surface area (TPSA) is 84.1 Å². The molecule has 1 aliphatic heterocycles. The molecule has 12 heteroatoms. The number of carbonyl (C=O) groups excluding carboxylic acids is 1. The van der Waals surface area contributed by atoms with Crippen LogP contribution in [0.2, 0.25) is 10.2 Å². The van der Waals surface area contributed by atoms with Crippen LogP contribution in [0.25, 0.3) is 16.6 Å². The zero-order chi connectivity index (χ0) is 32.8. The normalized spacial score (nSPS) is 15.7. The lowest BCUT2D eigenvalue weighted by Crippen LogP contribution is -2.45. The number of nitrogens with zero attached hydrogens (tertiary/aromatic N) is 5. The van der Waals surface area contributed by atoms with E-state index >= 15 is 0 Å². The van der Waals surface area contributed by atoms with E-state index in [9.17, 15) is 23.1 Å². The molecule has 6 rings (SSSR count). The number of piperidine rings is 1. The van der Waals surface area contributed by atoms with Gasteiger partial charge in [0.25, 0.3) is 0 Å². The molecule has 1 fully saturated rings. The van der Waals surface area contributed by atoms with E-state index in [2.05, 4.69) is 15.1 Å². The molecule has 1 atom stereocenters. The summed E-state index contributed by atoms with van der Waals surface area (Å²) in [7, 11) is 0. The third-order valence-electron chi connectivity index (χ3n) is 8.81. The van der Waals surface area contributed by atoms with E-state index in [0.717, 1.165) is 23.5 Å². The second-order valence-electron chi connectivity index (χ2n) is 11.7. The molecule has 1 aliphatic rings. The number of pyridine rings is 2. The second-order valence-corrected chi connectivity index (χ2v) is 12.4. The highest BCUT2D eigenvalue weighted by molar-refractivity contribution is 6.39. The SMILES string of the molecule is CC(=O)N1CCC(C(O)(c2ccc(C(F)(F)F)nc2)c2cc(C)c3nc(Cl)c(Cc4ccc(-n5cccn5)cc4)c(Cl)c3c2)CC1. The van der Waals surface area contributed by atoms with Crippen LogP contribution in [0.4, 0.5) is 13.2 Å². The van der Waals surface area contributed by atoms with Crippen molar-refractivity contribution >= 4 is 40.0 Å². The van der Waals surface area contributed by atoms with Crippen molar-refractivity contribution in [1.82, 2.24) is 24.6 Å². The second kappa shape index (κ2) is 12.3. The van der Waals surface area contributed by atoms with E-state index in [1.165, 1.54) is 13.0 Å². The van der Waals surface area contributed by atoms with Crippen LogP contribution in [-0.2, 0) is 23.0 Å². The summed E-state index contributed by atoms with van der Waals surface area (Å²) in [6, 6.07) is 15.3. The molecule has 3 aromatic heterocycles. The largest absolute Gasteiger partial charge is 0.433 e. The summed E-state index contributed by atoms with van der Waals surface area (Å²) < 4.78 is 41.9. The van der Waals surface area contributed by atoms with Crippen molar-refractivity contribution < 1.29 is 23.1 Å². The van der Waals surface area contributed by atoms with Gasteiger partial charge >= 0.3 is 6.18 Å². The number of rotatable bonds is 6. The van der Waals surface area contributed by atoms with Crippen LogP contribution in [-0.4, -0.2) is 48.8 Å². The number of aryl methyl sites for hydroxylation is 1. The van der Waals surface area contributed by atoms with Crippen molar-refractivity contribution in [3.05, 3.63) is 117 Å². The molecule has 1 unspecified atom stereocenters. The van der Waals surface area contributed by atoms with E-state index in [-0.39, 0.29) is 16.6 Å². The number of halogens is 5. The van der Waals surface area contributed by atoms with Gasteiger partial charge in [0.1, 0.15) is 16.4 Å². The van der Waals surface area contributed by atoms with Crippen LogP contribution in [0.15, 0.2) is 73.2 Å². The van der Waals surface area contributed by atoms with Crippen LogP contribution < -0.4 is 0 Å². The lowest BCUT2D eigenvalue weighted by atomic mass is 9.72. The average Bonchev–Trinajstić information content (AvgIpc) is 3.58. The fourth-order valence-corrected chi connectivity index (χ4v) is 6.91. The molecule has 1 amide bonds. The number of carbonyl (C=O) groups is 1. The number of hydrogen-bond acceptors (Lipinski definition) is 5. The van der Waals surface area contributed by atoms with Gasteiger partial charge in [0, 0.05) is 61.5 Å². The highest BCUT2D eigenvalue weighted by atomic mass is 35.5. The first-order valence-corrected chi connectivity index (χ1v) is 15.5. The van der Waals surface area contributed by atoms with E-state index < -0.39 is 23.4 Å². The maximum atomic E-state index is 13.4. The van der Waals surface area contributed by atoms with Crippen molar-refractivity contribution in [3.8, 4) is 5.69 Å². The quantitative estimate of drug-likeness (QED) is 0.189. The molecule has 0 aliphatic carbocycles. The number of amides is 1. The Labute approximate surface area is 273 Å². The minimum Gasteiger partial charge on any atom is -0.380 e. The van der Waals surface area contributed by atoms with E-state index in [0.29, 0.717) is 65.0 Å². The summed E-state index contributed by atoms with van der Waals surface area (Å²) in [5.74, 6) is -0.497. The number of aromatic nitrogens is 4. The van der Waals surface area contributed by atoms with Gasteiger partial charge in [0.2, 0.25) is 5.91 Å². The molecule has 0 spiro atoms. The smallest absolute Gasteiger partial charge is 0.380 e. The van der Waals surface area contributed by atoms with Crippen molar-refractivity contribution in [1.29, 1.82) is 0 Å². The fourth-order valence-electron chi connectivity index (χ4n) is 6.31. The first-order valence-electron chi connectivity index (χ1n) is 14.8. The van der Waals surface area contributed by atoms with Gasteiger partial charge in [0.05, 0.1) is 16.2 Å². The van der Waals surface area contributed by atoms with Crippen LogP contribution >= 0.6 is 23.2 Å². The highest BCUT2D eigenvalue weighted by Gasteiger charge is 2.43. The zero-order valence-electron chi connectivity index (χ0n) is 25.0. The summed E-state index contributed by atoms with van der Waals surface area (Å²) in [4.78, 5) is 22.1. The first-order chi connectivity index (χ1) is 21.9. The Kier molecular flexibility index (Phi) is 8.56. The molecule has 5 aromatic rings. The molecule has 238 valence electrons. The number of alkyl halides is 3. The summed E-state index contributed by atoms with van der Waals surface area (Å²) >= 11 is 13.7. The van der Waals surface area contributed by atoms with Gasteiger partial charge in [-0.3, -0.25) is 9.78 Å². The third kappa shape index (κ3) is 5.97. The van der Waals surface area contributed by atoms with Gasteiger partial charge in [-0.15, -0.1) is 0 Å². The Morgan fingerprint density at radius 3 is 2.35 bits per heavy atom. The van der Waals surface area contributed by atoms with Gasteiger partial charge in [-0.25, -0.2) is 9.67 Å². The van der Waals surface area contributed by atoms with Crippen molar-refractivity contribution in [2.75, 3.05) is 13.1 Å². The first kappa shape index (κ1) is 32.0. The minimum absolute atomic E-state index is 0.0713. The van der Waals surface area contributed by atoms with Crippen LogP contribution in [0.3, 0.4) is 0 Å². The molecular weight excluding hydrogens is 638 g/mol. The number of fused-ring (bicyclic) bond motifs is 1. The monoisotopic (exact) mass is 667 g/mol. The predicted molar refractivity (Wildman–Crippen MR) is 170 cm³/mol. The lowest BCUT2D eigenvalue weighted by molar-refractivity contribution is -0.141. The molecule has 0 radical (unpaired) electrons. The summed E-state index contributed by atoms with van der Waals surface area (Å²) in [5.41, 5.74) is 1.56. The van der Waals surface area contributed by atoms with Gasteiger partial charge in [-0.2, -0.15) is 18.3 Å². The number of benzene rings is 2. The van der Waals surface area contributed by atoms with Gasteiger partial charge in [-0.1, -0.05) is 47.5 Å². The fraction of sp³-hybridized carbons (Fsp3) is 0.294. The Morgan fingerprint density at radius 1 is 1.04 bits per heavy atom. The Morgan fingerprint density at radius 2 is 1.76 bits per heavy atom. The molecule has 2 aromatic carbocycles. The Balaban J connectivity index is 1.43. The molecular formula is C34H30Cl2F3N5O2. The summed E-state index contributed by atoms with van der Waals surface area (Å²) in [6.45, 7) is 4.13. The van der Waals surface area contributed by atoms with E-state index in [1.54, 1.807) is 27.9 Å². The lowest BCUT2D eigenvalue weighted by Gasteiger charge is -2.42. The average molecular weight is 669 g/mol. The maximum absolute atomic E-state index is 13.4. The van der Waals surface area contributed by atoms with Crippen molar-refractivity contribution in [2.24, 2.45) is 5.92 Å². The number of aliphatic hydroxyl groups is 1. The van der Waals surface area contributed by atoms with Crippen molar-refractivity contribution in [2.45, 2.75) is 44.9 Å². The predicted octanol–water partition coefficient (Wildman–Crippen LogP) is 7.53. The summed E-state index contributed by atoms with van der Waals surface area (Å²) in [5, 5.41) is 18.1. The van der Waals surface area contributed by atoms with Crippen LogP contribution in [0.5, 0.6) is 0 Å². The number of likely N-dealkylation sites (tertiary alicyclic amines) is 1. The Hall–Kier alpha value is -3.99. The maximum Gasteiger partial charge on any atom is 0.433 e. The molecule has 4 heterocycles. The van der Waals surface area contributed by atoms with E-state index in [4.69, 9.17) is 23.2 Å². The third-order valence-corrected chi connectivity index (χ3v) is 9.56. The van der Waals surface area contributed by atoms with Gasteiger partial charge < -0.3 is 10.0 Å². The molecule has 1 N–H and O–H groups in total. The highest BCUT2D eigenvalue weighted by Crippen LogP contribution is 2.45. The van der Waals surface area contributed by atoms with Crippen LogP contribution in [0.1, 0.15) is 53.3 Å². The van der Waals surface area contributed by atoms with Gasteiger partial charge in [0.15, 0.2) is 0 Å². The van der Waals surface area contributed by atoms with Crippen LogP contribution in [0, 0.1) is 12.8 Å². The Bertz CT molecular complexity index is 1890. The summed E-state index contributed by atoms with van der Waals surface area (Å²) in [6.07, 6.45) is 1.26. The van der Waals surface area contributed by atoms with Crippen molar-refractivity contribution in [3.63, 3.8) is 0 Å². The van der Waals surface area contributed by atoms with E-state index in [1.807, 2.05) is 43.5 Å². The van der Waals surface area contributed by atoms with Gasteiger partial charge in [-0.05, 0) is 72.7 Å². The molecule has 46 heavy (non-hydrogen) atoms. The number of hydrogen-bond donors (Lipinski definition) is 1. The minimum atomic E-state index is -4.63. The zero-order valence-corrected chi connectivity index (χ0v) is 26.5. The molecule has 0 bridgehead atoms. The molecule has 1 saturated heterocycles. The standard InChI is InChI=1S/C34H30Cl2F3N5O2/c1-20-16-25(33(46,23-10-14-43(15-11-23)21(2)45)24-6-9-29(40-19-24)34(37,38)39)18-27-30(35)28(32(36)42-31(20)27)17-22-4-7-26(8-5-22)44-13-3-12-41-44/h3-9,12-13,16,18-19,23,46H,10-11,14-15,17H2,1-2H3. The molecule has 0 saturated carbocycles. The molecule has 7 nitrogen and oxygen atoms in total.